The van der Waals surface area contributed by atoms with Gasteiger partial charge in [0.2, 0.25) is 11.8 Å². The van der Waals surface area contributed by atoms with Crippen LogP contribution >= 0.6 is 15.9 Å². The monoisotopic (exact) mass is 442 g/mol. The second-order valence-electron chi connectivity index (χ2n) is 7.44. The number of hydrogen-bond donors (Lipinski definition) is 1. The molecule has 0 radical (unpaired) electrons. The van der Waals surface area contributed by atoms with Gasteiger partial charge in [0.05, 0.1) is 11.5 Å². The predicted molar refractivity (Wildman–Crippen MR) is 111 cm³/mol. The minimum Gasteiger partial charge on any atom is -0.381 e. The molecule has 2 aliphatic rings. The number of benzene rings is 2. The first-order chi connectivity index (χ1) is 13.6. The molecule has 0 saturated carbocycles. The minimum absolute atomic E-state index is 0.00478. The fraction of sp³-hybridized carbons (Fsp3) is 0.364. The van der Waals surface area contributed by atoms with Crippen LogP contribution in [0.15, 0.2) is 59.1 Å². The smallest absolute Gasteiger partial charge is 0.227 e. The topological polar surface area (TPSA) is 58.6 Å². The molecule has 2 aromatic carbocycles. The van der Waals surface area contributed by atoms with Crippen LogP contribution in [0.3, 0.4) is 0 Å². The lowest BCUT2D eigenvalue weighted by Gasteiger charge is -2.39. The van der Waals surface area contributed by atoms with Gasteiger partial charge in [-0.2, -0.15) is 0 Å². The van der Waals surface area contributed by atoms with Gasteiger partial charge in [-0.15, -0.1) is 0 Å². The summed E-state index contributed by atoms with van der Waals surface area (Å²) in [6.45, 7) is 1.62. The maximum absolute atomic E-state index is 13.2. The molecule has 1 unspecified atom stereocenters. The Labute approximate surface area is 173 Å². The van der Waals surface area contributed by atoms with E-state index in [0.717, 1.165) is 28.6 Å². The highest BCUT2D eigenvalue weighted by molar-refractivity contribution is 9.10. The number of anilines is 1. The highest BCUT2D eigenvalue weighted by Crippen LogP contribution is 2.35. The van der Waals surface area contributed by atoms with Crippen molar-refractivity contribution >= 4 is 33.4 Å². The molecule has 6 heteroatoms. The number of amides is 2. The van der Waals surface area contributed by atoms with E-state index in [4.69, 9.17) is 4.74 Å². The molecule has 1 atom stereocenters. The van der Waals surface area contributed by atoms with Crippen LogP contribution in [0, 0.1) is 5.92 Å². The van der Waals surface area contributed by atoms with E-state index in [1.807, 2.05) is 48.5 Å². The molecule has 2 amide bonds. The van der Waals surface area contributed by atoms with Gasteiger partial charge in [0, 0.05) is 36.3 Å². The van der Waals surface area contributed by atoms with Gasteiger partial charge < -0.3 is 15.0 Å². The van der Waals surface area contributed by atoms with E-state index >= 15 is 0 Å². The lowest BCUT2D eigenvalue weighted by molar-refractivity contribution is -0.129. The quantitative estimate of drug-likeness (QED) is 0.786. The van der Waals surface area contributed by atoms with Crippen LogP contribution in [0.25, 0.3) is 0 Å². The first-order valence-corrected chi connectivity index (χ1v) is 10.4. The molecule has 5 nitrogen and oxygen atoms in total. The van der Waals surface area contributed by atoms with Gasteiger partial charge in [-0.3, -0.25) is 9.59 Å². The molecular weight excluding hydrogens is 420 g/mol. The molecule has 2 heterocycles. The Morgan fingerprint density at radius 3 is 2.57 bits per heavy atom. The normalized spacial score (nSPS) is 21.5. The summed E-state index contributed by atoms with van der Waals surface area (Å²) in [5, 5.41) is 3.29. The van der Waals surface area contributed by atoms with Crippen LogP contribution in [-0.2, 0) is 19.9 Å². The Bertz CT molecular complexity index is 865. The van der Waals surface area contributed by atoms with Crippen molar-refractivity contribution in [2.24, 2.45) is 5.92 Å². The number of carbonyl (C=O) groups excluding carboxylic acids is 2. The summed E-state index contributed by atoms with van der Waals surface area (Å²) in [5.41, 5.74) is 1.46. The molecule has 1 N–H and O–H groups in total. The average molecular weight is 443 g/mol. The van der Waals surface area contributed by atoms with E-state index < -0.39 is 5.54 Å². The average Bonchev–Trinajstić information content (AvgIpc) is 3.11. The zero-order valence-corrected chi connectivity index (χ0v) is 17.2. The Balaban J connectivity index is 1.53. The standard InChI is InChI=1S/C22H23BrN2O3/c23-18-6-4-5-17(14-18)22(9-11-28-12-10-22)24-21(27)16-13-20(26)25(15-16)19-7-2-1-3-8-19/h1-8,14,16H,9-13,15H2,(H,24,27). The third-order valence-electron chi connectivity index (χ3n) is 5.65. The van der Waals surface area contributed by atoms with E-state index in [1.165, 1.54) is 0 Å². The molecule has 2 aromatic rings. The number of para-hydroxylation sites is 1. The number of nitrogens with zero attached hydrogens (tertiary/aromatic N) is 1. The van der Waals surface area contributed by atoms with Crippen LogP contribution in [0.5, 0.6) is 0 Å². The molecule has 0 aliphatic carbocycles. The van der Waals surface area contributed by atoms with E-state index in [-0.39, 0.29) is 24.2 Å². The highest BCUT2D eigenvalue weighted by Gasteiger charge is 2.41. The molecule has 4 rings (SSSR count). The zero-order valence-electron chi connectivity index (χ0n) is 15.6. The van der Waals surface area contributed by atoms with Crippen molar-refractivity contribution in [1.82, 2.24) is 5.32 Å². The largest absolute Gasteiger partial charge is 0.381 e. The van der Waals surface area contributed by atoms with E-state index in [1.54, 1.807) is 4.90 Å². The molecule has 0 aromatic heterocycles. The van der Waals surface area contributed by atoms with Crippen molar-refractivity contribution in [3.05, 3.63) is 64.6 Å². The zero-order chi connectivity index (χ0) is 19.6. The summed E-state index contributed by atoms with van der Waals surface area (Å²) < 4.78 is 6.53. The van der Waals surface area contributed by atoms with Crippen molar-refractivity contribution in [3.8, 4) is 0 Å². The van der Waals surface area contributed by atoms with E-state index in [0.29, 0.717) is 19.8 Å². The van der Waals surface area contributed by atoms with Gasteiger partial charge in [0.15, 0.2) is 0 Å². The van der Waals surface area contributed by atoms with Crippen LogP contribution in [0.1, 0.15) is 24.8 Å². The van der Waals surface area contributed by atoms with Gasteiger partial charge in [-0.1, -0.05) is 46.3 Å². The van der Waals surface area contributed by atoms with Crippen molar-refractivity contribution in [2.75, 3.05) is 24.7 Å². The number of hydrogen-bond acceptors (Lipinski definition) is 3. The van der Waals surface area contributed by atoms with Crippen molar-refractivity contribution in [3.63, 3.8) is 0 Å². The summed E-state index contributed by atoms with van der Waals surface area (Å²) in [5.74, 6) is -0.414. The summed E-state index contributed by atoms with van der Waals surface area (Å²) >= 11 is 3.53. The lowest BCUT2D eigenvalue weighted by atomic mass is 9.82. The second kappa shape index (κ2) is 8.05. The SMILES string of the molecule is O=C(NC1(c2cccc(Br)c2)CCOCC1)C1CC(=O)N(c2ccccc2)C1. The number of rotatable bonds is 4. The van der Waals surface area contributed by atoms with Gasteiger partial charge in [0.25, 0.3) is 0 Å². The second-order valence-corrected chi connectivity index (χ2v) is 8.35. The molecule has 0 spiro atoms. The molecule has 2 aliphatic heterocycles. The predicted octanol–water partition coefficient (Wildman–Crippen LogP) is 3.62. The first-order valence-electron chi connectivity index (χ1n) is 9.59. The Morgan fingerprint density at radius 2 is 1.86 bits per heavy atom. The number of halogens is 1. The fourth-order valence-corrected chi connectivity index (χ4v) is 4.47. The summed E-state index contributed by atoms with van der Waals surface area (Å²) in [6, 6.07) is 17.6. The number of carbonyl (C=O) groups is 2. The Morgan fingerprint density at radius 1 is 1.11 bits per heavy atom. The lowest BCUT2D eigenvalue weighted by Crippen LogP contribution is -2.51. The van der Waals surface area contributed by atoms with Gasteiger partial charge >= 0.3 is 0 Å². The Hall–Kier alpha value is -2.18. The molecule has 0 bridgehead atoms. The molecule has 28 heavy (non-hydrogen) atoms. The van der Waals surface area contributed by atoms with Crippen molar-refractivity contribution in [1.29, 1.82) is 0 Å². The van der Waals surface area contributed by atoms with Crippen LogP contribution < -0.4 is 10.2 Å². The van der Waals surface area contributed by atoms with Crippen LogP contribution in [-0.4, -0.2) is 31.6 Å². The molecule has 2 saturated heterocycles. The highest BCUT2D eigenvalue weighted by atomic mass is 79.9. The molecule has 2 fully saturated rings. The van der Waals surface area contributed by atoms with E-state index in [9.17, 15) is 9.59 Å². The molecule has 146 valence electrons. The first kappa shape index (κ1) is 19.2. The van der Waals surface area contributed by atoms with Crippen molar-refractivity contribution in [2.45, 2.75) is 24.8 Å². The minimum atomic E-state index is -0.456. The van der Waals surface area contributed by atoms with Crippen molar-refractivity contribution < 1.29 is 14.3 Å². The van der Waals surface area contributed by atoms with Crippen LogP contribution in [0.2, 0.25) is 0 Å². The third kappa shape index (κ3) is 3.84. The molecular formula is C22H23BrN2O3. The maximum Gasteiger partial charge on any atom is 0.227 e. The van der Waals surface area contributed by atoms with Gasteiger partial charge in [0.1, 0.15) is 0 Å². The maximum atomic E-state index is 13.2. The third-order valence-corrected chi connectivity index (χ3v) is 6.14. The summed E-state index contributed by atoms with van der Waals surface area (Å²) in [6.07, 6.45) is 1.68. The van der Waals surface area contributed by atoms with Gasteiger partial charge in [-0.25, -0.2) is 0 Å². The number of ether oxygens (including phenoxy) is 1. The van der Waals surface area contributed by atoms with Gasteiger partial charge in [-0.05, 0) is 42.7 Å². The van der Waals surface area contributed by atoms with E-state index in [2.05, 4.69) is 27.3 Å². The number of nitrogens with one attached hydrogen (secondary N) is 1. The van der Waals surface area contributed by atoms with Crippen LogP contribution in [0.4, 0.5) is 5.69 Å². The summed E-state index contributed by atoms with van der Waals surface area (Å²) in [4.78, 5) is 27.4. The Kier molecular flexibility index (Phi) is 5.51. The summed E-state index contributed by atoms with van der Waals surface area (Å²) in [7, 11) is 0. The fourth-order valence-electron chi connectivity index (χ4n) is 4.07.